The molecular weight excluding hydrogens is 428 g/mol. The highest BCUT2D eigenvalue weighted by atomic mass is 79.9. The van der Waals surface area contributed by atoms with Gasteiger partial charge in [0.2, 0.25) is 5.91 Å². The molecule has 0 saturated heterocycles. The average Bonchev–Trinajstić information content (AvgIpc) is 3.30. The number of para-hydroxylation sites is 1. The summed E-state index contributed by atoms with van der Waals surface area (Å²) in [6, 6.07) is 22.7. The van der Waals surface area contributed by atoms with Crippen LogP contribution >= 0.6 is 15.9 Å². The minimum atomic E-state index is -0.635. The van der Waals surface area contributed by atoms with Crippen LogP contribution in [0.3, 0.4) is 0 Å². The zero-order valence-corrected chi connectivity index (χ0v) is 16.9. The molecule has 2 heterocycles. The number of anilines is 1. The first kappa shape index (κ1) is 17.9. The zero-order chi connectivity index (χ0) is 20.0. The molecule has 0 fully saturated rings. The first-order valence-corrected chi connectivity index (χ1v) is 10.2. The number of hydrogen-bond acceptors (Lipinski definition) is 2. The molecule has 3 aromatic carbocycles. The van der Waals surface area contributed by atoms with Gasteiger partial charge in [-0.25, -0.2) is 0 Å². The van der Waals surface area contributed by atoms with Crippen LogP contribution in [0.15, 0.2) is 83.5 Å². The Morgan fingerprint density at radius 3 is 2.55 bits per heavy atom. The van der Waals surface area contributed by atoms with Gasteiger partial charge in [-0.1, -0.05) is 64.5 Å². The predicted octanol–water partition coefficient (Wildman–Crippen LogP) is 5.63. The summed E-state index contributed by atoms with van der Waals surface area (Å²) in [5, 5.41) is 3.88. The molecule has 5 heteroatoms. The number of ketones is 1. The number of amides is 1. The summed E-state index contributed by atoms with van der Waals surface area (Å²) in [4.78, 5) is 30.0. The van der Waals surface area contributed by atoms with Gasteiger partial charge < -0.3 is 10.3 Å². The van der Waals surface area contributed by atoms with Gasteiger partial charge in [0.05, 0.1) is 11.8 Å². The van der Waals surface area contributed by atoms with Gasteiger partial charge in [-0.2, -0.15) is 0 Å². The van der Waals surface area contributed by atoms with Crippen LogP contribution in [0.5, 0.6) is 0 Å². The smallest absolute Gasteiger partial charge is 0.233 e. The molecule has 1 amide bonds. The highest BCUT2D eigenvalue weighted by Gasteiger charge is 2.42. The largest absolute Gasteiger partial charge is 0.361 e. The second-order valence-corrected chi connectivity index (χ2v) is 8.11. The molecule has 1 aromatic heterocycles. The van der Waals surface area contributed by atoms with Crippen molar-refractivity contribution in [2.75, 3.05) is 5.32 Å². The van der Waals surface area contributed by atoms with Crippen molar-refractivity contribution in [3.05, 3.63) is 100 Å². The number of nitrogens with one attached hydrogen (secondary N) is 2. The quantitative estimate of drug-likeness (QED) is 0.400. The van der Waals surface area contributed by atoms with Crippen molar-refractivity contribution in [1.29, 1.82) is 0 Å². The third-order valence-electron chi connectivity index (χ3n) is 5.52. The Balaban J connectivity index is 1.73. The Hall–Kier alpha value is -3.18. The molecule has 1 aliphatic heterocycles. The van der Waals surface area contributed by atoms with Gasteiger partial charge in [0, 0.05) is 32.8 Å². The monoisotopic (exact) mass is 444 g/mol. The van der Waals surface area contributed by atoms with Gasteiger partial charge in [-0.3, -0.25) is 9.59 Å². The summed E-state index contributed by atoms with van der Waals surface area (Å²) < 4.78 is 0.924. The van der Waals surface area contributed by atoms with E-state index in [4.69, 9.17) is 0 Å². The zero-order valence-electron chi connectivity index (χ0n) is 15.4. The van der Waals surface area contributed by atoms with E-state index in [2.05, 4.69) is 26.2 Å². The fraction of sp³-hybridized carbons (Fsp3) is 0.0833. The minimum Gasteiger partial charge on any atom is -0.361 e. The Kier molecular flexibility index (Phi) is 4.32. The number of Topliss-reactive ketones (excluding diaryl/α,β-unsaturated/α-hetero) is 1. The fourth-order valence-corrected chi connectivity index (χ4v) is 4.55. The van der Waals surface area contributed by atoms with Crippen LogP contribution in [0.4, 0.5) is 5.69 Å². The lowest BCUT2D eigenvalue weighted by Gasteiger charge is -2.21. The summed E-state index contributed by atoms with van der Waals surface area (Å²) in [6.07, 6.45) is 1.86. The van der Waals surface area contributed by atoms with Gasteiger partial charge in [0.15, 0.2) is 5.78 Å². The van der Waals surface area contributed by atoms with E-state index in [1.807, 2.05) is 66.9 Å². The van der Waals surface area contributed by atoms with Crippen molar-refractivity contribution in [3.8, 4) is 0 Å². The number of benzene rings is 3. The Labute approximate surface area is 176 Å². The Bertz CT molecular complexity index is 1250. The second-order valence-electron chi connectivity index (χ2n) is 7.20. The lowest BCUT2D eigenvalue weighted by Crippen LogP contribution is -2.26. The van der Waals surface area contributed by atoms with Crippen molar-refractivity contribution in [3.63, 3.8) is 0 Å². The Morgan fingerprint density at radius 1 is 0.966 bits per heavy atom. The Morgan fingerprint density at radius 2 is 1.72 bits per heavy atom. The van der Waals surface area contributed by atoms with E-state index in [1.54, 1.807) is 12.1 Å². The van der Waals surface area contributed by atoms with E-state index in [9.17, 15) is 9.59 Å². The van der Waals surface area contributed by atoms with Crippen LogP contribution in [0, 0.1) is 0 Å². The summed E-state index contributed by atoms with van der Waals surface area (Å²) in [5.41, 5.74) is 3.98. The molecule has 142 valence electrons. The summed E-state index contributed by atoms with van der Waals surface area (Å²) in [6.45, 7) is 0. The lowest BCUT2D eigenvalue weighted by molar-refractivity contribution is -0.117. The van der Waals surface area contributed by atoms with Gasteiger partial charge in [0.25, 0.3) is 0 Å². The van der Waals surface area contributed by atoms with Crippen molar-refractivity contribution in [2.24, 2.45) is 0 Å². The molecule has 0 aliphatic carbocycles. The van der Waals surface area contributed by atoms with Gasteiger partial charge in [-0.05, 0) is 35.4 Å². The molecule has 29 heavy (non-hydrogen) atoms. The molecule has 5 rings (SSSR count). The molecule has 0 spiro atoms. The number of aromatic amines is 1. The molecule has 2 atom stereocenters. The maximum Gasteiger partial charge on any atom is 0.233 e. The number of carbonyl (C=O) groups excluding carboxylic acids is 2. The third-order valence-corrected chi connectivity index (χ3v) is 6.01. The summed E-state index contributed by atoms with van der Waals surface area (Å²) >= 11 is 3.53. The van der Waals surface area contributed by atoms with Crippen LogP contribution in [0.2, 0.25) is 0 Å². The van der Waals surface area contributed by atoms with Crippen LogP contribution in [-0.2, 0) is 4.79 Å². The number of fused-ring (bicyclic) bond motifs is 2. The van der Waals surface area contributed by atoms with Crippen LogP contribution in [0.1, 0.15) is 33.3 Å². The van der Waals surface area contributed by atoms with E-state index >= 15 is 0 Å². The minimum absolute atomic E-state index is 0.0664. The number of rotatable bonds is 4. The van der Waals surface area contributed by atoms with Gasteiger partial charge in [0.1, 0.15) is 0 Å². The van der Waals surface area contributed by atoms with Gasteiger partial charge >= 0.3 is 0 Å². The third kappa shape index (κ3) is 2.98. The summed E-state index contributed by atoms with van der Waals surface area (Å²) in [5.74, 6) is -1.44. The normalized spacial score (nSPS) is 16.4. The average molecular weight is 445 g/mol. The van der Waals surface area contributed by atoms with Crippen molar-refractivity contribution >= 4 is 44.2 Å². The van der Waals surface area contributed by atoms with Gasteiger partial charge in [-0.15, -0.1) is 0 Å². The summed E-state index contributed by atoms with van der Waals surface area (Å²) in [7, 11) is 0. The first-order valence-electron chi connectivity index (χ1n) is 9.39. The molecule has 0 bridgehead atoms. The van der Waals surface area contributed by atoms with Crippen LogP contribution in [0.25, 0.3) is 10.9 Å². The van der Waals surface area contributed by atoms with Crippen molar-refractivity contribution in [1.82, 2.24) is 4.98 Å². The van der Waals surface area contributed by atoms with Crippen molar-refractivity contribution in [2.45, 2.75) is 11.8 Å². The SMILES string of the molecule is O=C1Nc2ccccc2C1C(C(=O)c1ccccc1)c1c[nH]c2ccc(Br)cc12. The van der Waals surface area contributed by atoms with Crippen LogP contribution in [-0.4, -0.2) is 16.7 Å². The van der Waals surface area contributed by atoms with E-state index in [0.717, 1.165) is 32.2 Å². The predicted molar refractivity (Wildman–Crippen MR) is 117 cm³/mol. The van der Waals surface area contributed by atoms with Crippen molar-refractivity contribution < 1.29 is 9.59 Å². The molecule has 0 saturated carbocycles. The topological polar surface area (TPSA) is 62.0 Å². The number of hydrogen-bond donors (Lipinski definition) is 2. The molecule has 2 N–H and O–H groups in total. The molecule has 2 unspecified atom stereocenters. The van der Waals surface area contributed by atoms with E-state index < -0.39 is 11.8 Å². The number of aromatic nitrogens is 1. The number of H-pyrrole nitrogens is 1. The standard InChI is InChI=1S/C24H17BrN2O2/c25-15-10-11-19-17(12-15)18(13-26-19)21(23(28)14-6-2-1-3-7-14)22-16-8-4-5-9-20(16)27-24(22)29/h1-13,21-22,26H,(H,27,29). The van der Waals surface area contributed by atoms with E-state index in [0.29, 0.717) is 5.56 Å². The highest BCUT2D eigenvalue weighted by Crippen LogP contribution is 2.45. The molecule has 0 radical (unpaired) electrons. The maximum atomic E-state index is 13.7. The highest BCUT2D eigenvalue weighted by molar-refractivity contribution is 9.10. The molecule has 1 aliphatic rings. The second kappa shape index (κ2) is 7.01. The first-order chi connectivity index (χ1) is 14.1. The molecule has 4 nitrogen and oxygen atoms in total. The van der Waals surface area contributed by atoms with E-state index in [1.165, 1.54) is 0 Å². The number of carbonyl (C=O) groups is 2. The fourth-order valence-electron chi connectivity index (χ4n) is 4.19. The van der Waals surface area contributed by atoms with E-state index in [-0.39, 0.29) is 11.7 Å². The van der Waals surface area contributed by atoms with Crippen LogP contribution < -0.4 is 5.32 Å². The molecule has 4 aromatic rings. The molecular formula is C24H17BrN2O2. The number of halogens is 1. The maximum absolute atomic E-state index is 13.7. The lowest BCUT2D eigenvalue weighted by atomic mass is 9.77.